The summed E-state index contributed by atoms with van der Waals surface area (Å²) in [6.45, 7) is 6.56. The van der Waals surface area contributed by atoms with E-state index in [1.54, 1.807) is 6.92 Å². The molecule has 0 fully saturated rings. The summed E-state index contributed by atoms with van der Waals surface area (Å²) in [5.74, 6) is -1.33. The average molecular weight is 296 g/mol. The molecule has 1 aromatic heterocycles. The van der Waals surface area contributed by atoms with E-state index >= 15 is 0 Å². The van der Waals surface area contributed by atoms with E-state index in [-0.39, 0.29) is 23.8 Å². The van der Waals surface area contributed by atoms with Crippen LogP contribution >= 0.6 is 0 Å². The molecule has 0 radical (unpaired) electrons. The zero-order valence-corrected chi connectivity index (χ0v) is 12.5. The van der Waals surface area contributed by atoms with Crippen molar-refractivity contribution in [3.8, 4) is 0 Å². The lowest BCUT2D eigenvalue weighted by Gasteiger charge is -2.10. The Morgan fingerprint density at radius 2 is 2.05 bits per heavy atom. The maximum absolute atomic E-state index is 14.0. The van der Waals surface area contributed by atoms with Gasteiger partial charge in [0.15, 0.2) is 11.6 Å². The van der Waals surface area contributed by atoms with Crippen molar-refractivity contribution in [1.29, 1.82) is 0 Å². The van der Waals surface area contributed by atoms with Gasteiger partial charge in [0.05, 0.1) is 12.1 Å². The molecule has 0 saturated heterocycles. The minimum absolute atomic E-state index is 0.0226. The second-order valence-electron chi connectivity index (χ2n) is 4.93. The molecule has 0 unspecified atom stereocenters. The van der Waals surface area contributed by atoms with E-state index in [9.17, 15) is 14.0 Å². The van der Waals surface area contributed by atoms with Crippen molar-refractivity contribution in [2.45, 2.75) is 20.8 Å². The molecule has 0 aliphatic heterocycles. The maximum Gasteiger partial charge on any atom is 0.254 e. The van der Waals surface area contributed by atoms with Crippen LogP contribution in [0, 0.1) is 11.7 Å². The van der Waals surface area contributed by atoms with Crippen LogP contribution in [0.3, 0.4) is 0 Å². The fourth-order valence-corrected chi connectivity index (χ4v) is 1.55. The Balaban J connectivity index is 2.60. The van der Waals surface area contributed by atoms with Gasteiger partial charge in [-0.3, -0.25) is 9.59 Å². The summed E-state index contributed by atoms with van der Waals surface area (Å²) >= 11 is 0. The number of carbonyl (C=O) groups is 2. The van der Waals surface area contributed by atoms with Crippen molar-refractivity contribution >= 4 is 17.6 Å². The van der Waals surface area contributed by atoms with Crippen LogP contribution in [0.2, 0.25) is 0 Å². The van der Waals surface area contributed by atoms with Crippen molar-refractivity contribution in [3.05, 3.63) is 23.6 Å². The number of halogens is 1. The molecule has 7 heteroatoms. The molecule has 0 aliphatic rings. The SMILES string of the molecule is CCNc1nccc(C(=O)NCC(=O)NCC(C)C)c1F. The molecule has 0 aromatic carbocycles. The first-order valence-corrected chi connectivity index (χ1v) is 6.89. The molecule has 1 rings (SSSR count). The second kappa shape index (κ2) is 8.18. The van der Waals surface area contributed by atoms with Crippen LogP contribution in [0.15, 0.2) is 12.3 Å². The predicted octanol–water partition coefficient (Wildman–Crippen LogP) is 1.15. The van der Waals surface area contributed by atoms with Crippen LogP contribution in [-0.2, 0) is 4.79 Å². The Kier molecular flexibility index (Phi) is 6.58. The Labute approximate surface area is 123 Å². The normalized spacial score (nSPS) is 10.3. The molecular formula is C14H21FN4O2. The highest BCUT2D eigenvalue weighted by Gasteiger charge is 2.16. The van der Waals surface area contributed by atoms with E-state index in [2.05, 4.69) is 20.9 Å². The third-order valence-electron chi connectivity index (χ3n) is 2.60. The highest BCUT2D eigenvalue weighted by molar-refractivity contribution is 5.97. The molecule has 21 heavy (non-hydrogen) atoms. The summed E-state index contributed by atoms with van der Waals surface area (Å²) in [7, 11) is 0. The molecule has 116 valence electrons. The van der Waals surface area contributed by atoms with E-state index in [1.165, 1.54) is 12.3 Å². The number of amides is 2. The number of pyridine rings is 1. The standard InChI is InChI=1S/C14H21FN4O2/c1-4-16-13-12(15)10(5-6-17-13)14(21)19-8-11(20)18-7-9(2)3/h5-6,9H,4,7-8H2,1-3H3,(H,16,17)(H,18,20)(H,19,21). The lowest BCUT2D eigenvalue weighted by Crippen LogP contribution is -2.38. The molecule has 0 bridgehead atoms. The van der Waals surface area contributed by atoms with Crippen LogP contribution < -0.4 is 16.0 Å². The third-order valence-corrected chi connectivity index (χ3v) is 2.60. The summed E-state index contributed by atoms with van der Waals surface area (Å²) in [4.78, 5) is 27.2. The summed E-state index contributed by atoms with van der Waals surface area (Å²) in [5.41, 5.74) is -0.141. The number of aromatic nitrogens is 1. The monoisotopic (exact) mass is 296 g/mol. The number of hydrogen-bond acceptors (Lipinski definition) is 4. The van der Waals surface area contributed by atoms with E-state index in [1.807, 2.05) is 13.8 Å². The van der Waals surface area contributed by atoms with Crippen molar-refractivity contribution in [3.63, 3.8) is 0 Å². The average Bonchev–Trinajstić information content (AvgIpc) is 2.45. The first-order valence-electron chi connectivity index (χ1n) is 6.89. The van der Waals surface area contributed by atoms with Crippen LogP contribution in [0.1, 0.15) is 31.1 Å². The van der Waals surface area contributed by atoms with Gasteiger partial charge in [-0.15, -0.1) is 0 Å². The minimum atomic E-state index is -0.723. The zero-order valence-electron chi connectivity index (χ0n) is 12.5. The number of rotatable bonds is 7. The molecule has 0 saturated carbocycles. The Hall–Kier alpha value is -2.18. The molecule has 6 nitrogen and oxygen atoms in total. The molecule has 0 atom stereocenters. The molecular weight excluding hydrogens is 275 g/mol. The van der Waals surface area contributed by atoms with Crippen molar-refractivity contribution in [2.24, 2.45) is 5.92 Å². The van der Waals surface area contributed by atoms with Gasteiger partial charge in [-0.25, -0.2) is 9.37 Å². The van der Waals surface area contributed by atoms with Crippen LogP contribution in [0.5, 0.6) is 0 Å². The maximum atomic E-state index is 14.0. The van der Waals surface area contributed by atoms with Gasteiger partial charge in [0.25, 0.3) is 5.91 Å². The quantitative estimate of drug-likeness (QED) is 0.705. The summed E-state index contributed by atoms with van der Waals surface area (Å²) in [5, 5.41) is 7.77. The molecule has 3 N–H and O–H groups in total. The third kappa shape index (κ3) is 5.37. The smallest absolute Gasteiger partial charge is 0.254 e. The topological polar surface area (TPSA) is 83.1 Å². The minimum Gasteiger partial charge on any atom is -0.368 e. The highest BCUT2D eigenvalue weighted by Crippen LogP contribution is 2.14. The van der Waals surface area contributed by atoms with Gasteiger partial charge < -0.3 is 16.0 Å². The van der Waals surface area contributed by atoms with Gasteiger partial charge in [-0.1, -0.05) is 13.8 Å². The van der Waals surface area contributed by atoms with Crippen LogP contribution in [0.4, 0.5) is 10.2 Å². The van der Waals surface area contributed by atoms with Gasteiger partial charge in [0.1, 0.15) is 0 Å². The highest BCUT2D eigenvalue weighted by atomic mass is 19.1. The Bertz CT molecular complexity index is 506. The second-order valence-corrected chi connectivity index (χ2v) is 4.93. The lowest BCUT2D eigenvalue weighted by atomic mass is 10.2. The van der Waals surface area contributed by atoms with Gasteiger partial charge in [0.2, 0.25) is 5.91 Å². The molecule has 1 heterocycles. The molecule has 2 amide bonds. The van der Waals surface area contributed by atoms with Gasteiger partial charge in [-0.2, -0.15) is 0 Å². The van der Waals surface area contributed by atoms with Crippen LogP contribution in [-0.4, -0.2) is 36.4 Å². The van der Waals surface area contributed by atoms with Crippen molar-refractivity contribution in [2.75, 3.05) is 25.0 Å². The van der Waals surface area contributed by atoms with Crippen LogP contribution in [0.25, 0.3) is 0 Å². The molecule has 0 spiro atoms. The predicted molar refractivity (Wildman–Crippen MR) is 78.5 cm³/mol. The summed E-state index contributed by atoms with van der Waals surface area (Å²) < 4.78 is 14.0. The fraction of sp³-hybridized carbons (Fsp3) is 0.500. The number of hydrogen-bond donors (Lipinski definition) is 3. The van der Waals surface area contributed by atoms with Crippen molar-refractivity contribution in [1.82, 2.24) is 15.6 Å². The largest absolute Gasteiger partial charge is 0.368 e. The lowest BCUT2D eigenvalue weighted by molar-refractivity contribution is -0.120. The van der Waals surface area contributed by atoms with Crippen molar-refractivity contribution < 1.29 is 14.0 Å². The summed E-state index contributed by atoms with van der Waals surface area (Å²) in [6.07, 6.45) is 1.34. The van der Waals surface area contributed by atoms with E-state index < -0.39 is 11.7 Å². The first-order chi connectivity index (χ1) is 9.95. The number of anilines is 1. The Morgan fingerprint density at radius 1 is 1.33 bits per heavy atom. The van der Waals surface area contributed by atoms with E-state index in [4.69, 9.17) is 0 Å². The first kappa shape index (κ1) is 16.9. The molecule has 0 aliphatic carbocycles. The number of nitrogens with zero attached hydrogens (tertiary/aromatic N) is 1. The van der Waals surface area contributed by atoms with Gasteiger partial charge >= 0.3 is 0 Å². The number of nitrogens with one attached hydrogen (secondary N) is 3. The Morgan fingerprint density at radius 3 is 2.67 bits per heavy atom. The fourth-order valence-electron chi connectivity index (χ4n) is 1.55. The van der Waals surface area contributed by atoms with Gasteiger partial charge in [-0.05, 0) is 18.9 Å². The van der Waals surface area contributed by atoms with E-state index in [0.717, 1.165) is 0 Å². The zero-order chi connectivity index (χ0) is 15.8. The van der Waals surface area contributed by atoms with Gasteiger partial charge in [0, 0.05) is 19.3 Å². The number of carbonyl (C=O) groups excluding carboxylic acids is 2. The van der Waals surface area contributed by atoms with E-state index in [0.29, 0.717) is 19.0 Å². The molecule has 1 aromatic rings. The summed E-state index contributed by atoms with van der Waals surface area (Å²) in [6, 6.07) is 1.28.